The number of hydrogen-bond acceptors (Lipinski definition) is 2. The Labute approximate surface area is 142 Å². The number of benzene rings is 2. The summed E-state index contributed by atoms with van der Waals surface area (Å²) in [5.41, 5.74) is 1.18. The molecule has 2 rings (SSSR count). The van der Waals surface area contributed by atoms with Gasteiger partial charge in [-0.15, -0.1) is 0 Å². The van der Waals surface area contributed by atoms with Gasteiger partial charge in [0.15, 0.2) is 0 Å². The normalized spacial score (nSPS) is 11.8. The van der Waals surface area contributed by atoms with Crippen LogP contribution < -0.4 is 4.74 Å². The minimum absolute atomic E-state index is 0.121. The SMILES string of the molecule is CC(CC(=O)N(C)CCOc1cccc(Cl)c1)c1ccccc1. The molecule has 0 aliphatic heterocycles. The summed E-state index contributed by atoms with van der Waals surface area (Å²) < 4.78 is 5.62. The fourth-order valence-corrected chi connectivity index (χ4v) is 2.48. The maximum Gasteiger partial charge on any atom is 0.223 e. The van der Waals surface area contributed by atoms with Gasteiger partial charge in [0.25, 0.3) is 0 Å². The summed E-state index contributed by atoms with van der Waals surface area (Å²) in [6.45, 7) is 3.07. The summed E-state index contributed by atoms with van der Waals surface area (Å²) in [6, 6.07) is 17.4. The smallest absolute Gasteiger partial charge is 0.223 e. The Hall–Kier alpha value is -2.00. The molecule has 2 aromatic carbocycles. The molecule has 0 saturated carbocycles. The Balaban J connectivity index is 1.76. The lowest BCUT2D eigenvalue weighted by Gasteiger charge is -2.20. The monoisotopic (exact) mass is 331 g/mol. The zero-order valence-corrected chi connectivity index (χ0v) is 14.3. The topological polar surface area (TPSA) is 29.5 Å². The number of hydrogen-bond donors (Lipinski definition) is 0. The van der Waals surface area contributed by atoms with Gasteiger partial charge >= 0.3 is 0 Å². The number of carbonyl (C=O) groups is 1. The zero-order valence-electron chi connectivity index (χ0n) is 13.5. The second-order valence-corrected chi connectivity index (χ2v) is 6.07. The molecule has 0 aromatic heterocycles. The quantitative estimate of drug-likeness (QED) is 0.754. The van der Waals surface area contributed by atoms with Crippen molar-refractivity contribution in [3.8, 4) is 5.75 Å². The molecular formula is C19H22ClNO2. The van der Waals surface area contributed by atoms with Crippen molar-refractivity contribution in [1.82, 2.24) is 4.90 Å². The lowest BCUT2D eigenvalue weighted by molar-refractivity contribution is -0.130. The number of nitrogens with zero attached hydrogens (tertiary/aromatic N) is 1. The van der Waals surface area contributed by atoms with Crippen LogP contribution in [-0.4, -0.2) is 31.0 Å². The zero-order chi connectivity index (χ0) is 16.7. The number of rotatable bonds is 7. The van der Waals surface area contributed by atoms with E-state index in [2.05, 4.69) is 19.1 Å². The molecule has 1 unspecified atom stereocenters. The van der Waals surface area contributed by atoms with Crippen molar-refractivity contribution in [3.63, 3.8) is 0 Å². The minimum atomic E-state index is 0.121. The predicted molar refractivity (Wildman–Crippen MR) is 94.1 cm³/mol. The van der Waals surface area contributed by atoms with Crippen molar-refractivity contribution >= 4 is 17.5 Å². The molecule has 23 heavy (non-hydrogen) atoms. The lowest BCUT2D eigenvalue weighted by atomic mass is 9.97. The molecule has 0 fully saturated rings. The van der Waals surface area contributed by atoms with Crippen molar-refractivity contribution in [3.05, 3.63) is 65.2 Å². The number of halogens is 1. The Morgan fingerprint density at radius 1 is 1.17 bits per heavy atom. The molecule has 122 valence electrons. The van der Waals surface area contributed by atoms with Crippen molar-refractivity contribution in [1.29, 1.82) is 0 Å². The highest BCUT2D eigenvalue weighted by atomic mass is 35.5. The van der Waals surface area contributed by atoms with Gasteiger partial charge in [-0.2, -0.15) is 0 Å². The summed E-state index contributed by atoms with van der Waals surface area (Å²) >= 11 is 5.91. The fraction of sp³-hybridized carbons (Fsp3) is 0.316. The summed E-state index contributed by atoms with van der Waals surface area (Å²) in [4.78, 5) is 14.0. The van der Waals surface area contributed by atoms with Gasteiger partial charge in [0, 0.05) is 18.5 Å². The Morgan fingerprint density at radius 3 is 2.61 bits per heavy atom. The number of ether oxygens (including phenoxy) is 1. The summed E-state index contributed by atoms with van der Waals surface area (Å²) in [5.74, 6) is 1.05. The van der Waals surface area contributed by atoms with Gasteiger partial charge in [-0.1, -0.05) is 54.9 Å². The van der Waals surface area contributed by atoms with Crippen LogP contribution in [0.4, 0.5) is 0 Å². The molecule has 1 amide bonds. The minimum Gasteiger partial charge on any atom is -0.492 e. The molecule has 0 bridgehead atoms. The largest absolute Gasteiger partial charge is 0.492 e. The van der Waals surface area contributed by atoms with Gasteiger partial charge in [0.2, 0.25) is 5.91 Å². The second-order valence-electron chi connectivity index (χ2n) is 5.64. The highest BCUT2D eigenvalue weighted by molar-refractivity contribution is 6.30. The van der Waals surface area contributed by atoms with Crippen molar-refractivity contribution in [2.45, 2.75) is 19.3 Å². The first-order valence-electron chi connectivity index (χ1n) is 7.73. The third-order valence-corrected chi connectivity index (χ3v) is 4.00. The fourth-order valence-electron chi connectivity index (χ4n) is 2.30. The van der Waals surface area contributed by atoms with Gasteiger partial charge in [0.05, 0.1) is 6.54 Å². The highest BCUT2D eigenvalue weighted by Gasteiger charge is 2.14. The van der Waals surface area contributed by atoms with Crippen LogP contribution in [0.2, 0.25) is 5.02 Å². The molecule has 3 nitrogen and oxygen atoms in total. The van der Waals surface area contributed by atoms with Gasteiger partial charge in [-0.3, -0.25) is 4.79 Å². The average Bonchev–Trinajstić information content (AvgIpc) is 2.55. The first-order valence-corrected chi connectivity index (χ1v) is 8.11. The number of likely N-dealkylation sites (N-methyl/N-ethyl adjacent to an activating group) is 1. The molecule has 2 aromatic rings. The van der Waals surface area contributed by atoms with E-state index in [0.717, 1.165) is 5.75 Å². The van der Waals surface area contributed by atoms with E-state index < -0.39 is 0 Å². The van der Waals surface area contributed by atoms with Crippen molar-refractivity contribution < 1.29 is 9.53 Å². The molecule has 0 saturated heterocycles. The van der Waals surface area contributed by atoms with Crippen LogP contribution in [0.25, 0.3) is 0 Å². The molecule has 0 spiro atoms. The Morgan fingerprint density at radius 2 is 1.91 bits per heavy atom. The molecule has 0 aliphatic rings. The standard InChI is InChI=1S/C19H22ClNO2/c1-15(16-7-4-3-5-8-16)13-19(22)21(2)11-12-23-18-10-6-9-17(20)14-18/h3-10,14-15H,11-13H2,1-2H3. The predicted octanol–water partition coefficient (Wildman–Crippen LogP) is 4.37. The number of carbonyl (C=O) groups excluding carboxylic acids is 1. The summed E-state index contributed by atoms with van der Waals surface area (Å²) in [6.07, 6.45) is 0.498. The first-order chi connectivity index (χ1) is 11.1. The van der Waals surface area contributed by atoms with E-state index in [1.807, 2.05) is 30.3 Å². The van der Waals surface area contributed by atoms with Crippen LogP contribution in [-0.2, 0) is 4.79 Å². The van der Waals surface area contributed by atoms with E-state index in [0.29, 0.717) is 24.6 Å². The molecule has 0 aliphatic carbocycles. The Bertz CT molecular complexity index is 630. The van der Waals surface area contributed by atoms with E-state index >= 15 is 0 Å². The molecule has 0 radical (unpaired) electrons. The van der Waals surface area contributed by atoms with Gasteiger partial charge in [0.1, 0.15) is 12.4 Å². The molecule has 1 atom stereocenters. The van der Waals surface area contributed by atoms with Crippen LogP contribution in [0.3, 0.4) is 0 Å². The summed E-state index contributed by atoms with van der Waals surface area (Å²) in [5, 5.41) is 0.642. The number of amides is 1. The maximum atomic E-state index is 12.3. The molecule has 4 heteroatoms. The second kappa shape index (κ2) is 8.59. The van der Waals surface area contributed by atoms with Crippen LogP contribution in [0.5, 0.6) is 5.75 Å². The van der Waals surface area contributed by atoms with Gasteiger partial charge < -0.3 is 9.64 Å². The molecule has 0 N–H and O–H groups in total. The van der Waals surface area contributed by atoms with E-state index in [-0.39, 0.29) is 11.8 Å². The molecule has 0 heterocycles. The van der Waals surface area contributed by atoms with Crippen LogP contribution >= 0.6 is 11.6 Å². The van der Waals surface area contributed by atoms with E-state index in [4.69, 9.17) is 16.3 Å². The average molecular weight is 332 g/mol. The van der Waals surface area contributed by atoms with Crippen LogP contribution in [0.1, 0.15) is 24.8 Å². The van der Waals surface area contributed by atoms with Crippen LogP contribution in [0, 0.1) is 0 Å². The van der Waals surface area contributed by atoms with Crippen molar-refractivity contribution in [2.75, 3.05) is 20.2 Å². The van der Waals surface area contributed by atoms with Crippen molar-refractivity contribution in [2.24, 2.45) is 0 Å². The third kappa shape index (κ3) is 5.61. The van der Waals surface area contributed by atoms with Crippen LogP contribution in [0.15, 0.2) is 54.6 Å². The first kappa shape index (κ1) is 17.4. The Kier molecular flexibility index (Phi) is 6.48. The summed E-state index contributed by atoms with van der Waals surface area (Å²) in [7, 11) is 1.81. The maximum absolute atomic E-state index is 12.3. The highest BCUT2D eigenvalue weighted by Crippen LogP contribution is 2.19. The van der Waals surface area contributed by atoms with Gasteiger partial charge in [-0.05, 0) is 29.7 Å². The van der Waals surface area contributed by atoms with Gasteiger partial charge in [-0.25, -0.2) is 0 Å². The van der Waals surface area contributed by atoms with E-state index in [1.54, 1.807) is 24.1 Å². The lowest BCUT2D eigenvalue weighted by Crippen LogP contribution is -2.31. The third-order valence-electron chi connectivity index (χ3n) is 3.77. The molecular weight excluding hydrogens is 310 g/mol. The van der Waals surface area contributed by atoms with E-state index in [9.17, 15) is 4.79 Å². The van der Waals surface area contributed by atoms with E-state index in [1.165, 1.54) is 5.56 Å².